The molecule has 0 saturated heterocycles. The summed E-state index contributed by atoms with van der Waals surface area (Å²) in [4.78, 5) is 34.6. The van der Waals surface area contributed by atoms with Gasteiger partial charge in [-0.1, -0.05) is 58.4 Å². The summed E-state index contributed by atoms with van der Waals surface area (Å²) in [5.41, 5.74) is 4.08. The molecule has 6 aromatic carbocycles. The van der Waals surface area contributed by atoms with E-state index >= 15 is 0 Å². The number of nitrogens with zero attached hydrogens (tertiary/aromatic N) is 2. The van der Waals surface area contributed by atoms with Crippen LogP contribution in [0, 0.1) is 0 Å². The molecule has 6 rings (SSSR count). The molecule has 9 nitrogen and oxygen atoms in total. The Morgan fingerprint density at radius 3 is 1.36 bits per heavy atom. The molecular formula is C52H52N2O7. The largest absolute Gasteiger partial charge is 0.494 e. The molecule has 61 heavy (non-hydrogen) atoms. The molecular weight excluding hydrogens is 765 g/mol. The predicted octanol–water partition coefficient (Wildman–Crippen LogP) is 13.3. The molecule has 6 aromatic rings. The summed E-state index contributed by atoms with van der Waals surface area (Å²) < 4.78 is 28.8. The number of unbranched alkanes of at least 4 members (excludes halogenated alkanes) is 6. The topological polar surface area (TPSA) is 105 Å². The average molecular weight is 817 g/mol. The van der Waals surface area contributed by atoms with Crippen LogP contribution in [0.15, 0.2) is 156 Å². The van der Waals surface area contributed by atoms with Gasteiger partial charge in [0.1, 0.15) is 34.5 Å². The lowest BCUT2D eigenvalue weighted by Crippen LogP contribution is -2.08. The molecule has 0 aliphatic rings. The first kappa shape index (κ1) is 43.6. The fraction of sp³-hybridized carbons (Fsp3) is 0.231. The Balaban J connectivity index is 0.931. The summed E-state index contributed by atoms with van der Waals surface area (Å²) in [7, 11) is 0. The van der Waals surface area contributed by atoms with Crippen LogP contribution in [0.2, 0.25) is 0 Å². The summed E-state index contributed by atoms with van der Waals surface area (Å²) in [6.45, 7) is 5.70. The number of carbonyl (C=O) groups excluding carboxylic acids is 2. The fourth-order valence-electron chi connectivity index (χ4n) is 6.05. The molecule has 0 saturated carbocycles. The molecule has 0 aliphatic carbocycles. The maximum atomic E-state index is 12.7. The van der Waals surface area contributed by atoms with Gasteiger partial charge in [0.25, 0.3) is 0 Å². The lowest BCUT2D eigenvalue weighted by molar-refractivity contribution is 0.0725. The maximum absolute atomic E-state index is 12.7. The highest BCUT2D eigenvalue weighted by Crippen LogP contribution is 2.28. The van der Waals surface area contributed by atoms with E-state index in [4.69, 9.17) is 23.7 Å². The van der Waals surface area contributed by atoms with E-state index in [0.717, 1.165) is 59.7 Å². The monoisotopic (exact) mass is 816 g/mol. The Hall–Kier alpha value is -7.00. The molecule has 0 fully saturated rings. The first-order valence-corrected chi connectivity index (χ1v) is 21.0. The summed E-state index contributed by atoms with van der Waals surface area (Å²) in [6.07, 6.45) is 12.6. The predicted molar refractivity (Wildman–Crippen MR) is 242 cm³/mol. The molecule has 0 aliphatic heterocycles. The van der Waals surface area contributed by atoms with Gasteiger partial charge in [0.2, 0.25) is 0 Å². The Bertz CT molecular complexity index is 2320. The van der Waals surface area contributed by atoms with Gasteiger partial charge in [-0.05, 0) is 157 Å². The van der Waals surface area contributed by atoms with Gasteiger partial charge in [-0.15, -0.1) is 0 Å². The van der Waals surface area contributed by atoms with Crippen molar-refractivity contribution in [3.05, 3.63) is 168 Å². The lowest BCUT2D eigenvalue weighted by atomic mass is 10.2. The number of hydrogen-bond acceptors (Lipinski definition) is 9. The van der Waals surface area contributed by atoms with E-state index in [0.29, 0.717) is 47.3 Å². The van der Waals surface area contributed by atoms with Crippen molar-refractivity contribution in [2.24, 2.45) is 9.98 Å². The van der Waals surface area contributed by atoms with Crippen LogP contribution in [0.3, 0.4) is 0 Å². The molecule has 0 heterocycles. The quantitative estimate of drug-likeness (QED) is 0.0291. The highest BCUT2D eigenvalue weighted by Gasteiger charge is 2.11. The van der Waals surface area contributed by atoms with Crippen molar-refractivity contribution < 1.29 is 33.3 Å². The number of hydrogen-bond donors (Lipinski definition) is 0. The SMILES string of the molecule is CCCCCCOc1ccc(C(=O)Oc2ccc(C=Nc3ccc(Oc4cccc(N=Cc5ccc(OC(=O)c6ccc(OCCCCCC)cc6)cc5)c4)cc3)cc2)cc1. The first-order chi connectivity index (χ1) is 29.9. The molecule has 312 valence electrons. The minimum atomic E-state index is -0.434. The van der Waals surface area contributed by atoms with Crippen molar-refractivity contribution in [3.63, 3.8) is 0 Å². The number of carbonyl (C=O) groups is 2. The number of esters is 2. The molecule has 9 heteroatoms. The molecule has 0 N–H and O–H groups in total. The zero-order valence-corrected chi connectivity index (χ0v) is 34.8. The lowest BCUT2D eigenvalue weighted by Gasteiger charge is -2.08. The van der Waals surface area contributed by atoms with Gasteiger partial charge in [-0.2, -0.15) is 0 Å². The Morgan fingerprint density at radius 2 is 0.885 bits per heavy atom. The normalized spacial score (nSPS) is 11.1. The summed E-state index contributed by atoms with van der Waals surface area (Å²) in [5, 5.41) is 0. The van der Waals surface area contributed by atoms with Gasteiger partial charge in [-0.25, -0.2) is 9.59 Å². The molecule has 0 spiro atoms. The molecule has 0 radical (unpaired) electrons. The van der Waals surface area contributed by atoms with Crippen molar-refractivity contribution in [2.45, 2.75) is 65.2 Å². The molecule has 0 atom stereocenters. The smallest absolute Gasteiger partial charge is 0.343 e. The highest BCUT2D eigenvalue weighted by molar-refractivity contribution is 5.92. The first-order valence-electron chi connectivity index (χ1n) is 21.0. The van der Waals surface area contributed by atoms with E-state index in [-0.39, 0.29) is 0 Å². The van der Waals surface area contributed by atoms with Crippen molar-refractivity contribution >= 4 is 35.7 Å². The third-order valence-corrected chi connectivity index (χ3v) is 9.51. The highest BCUT2D eigenvalue weighted by atomic mass is 16.5. The third kappa shape index (κ3) is 14.7. The summed E-state index contributed by atoms with van der Waals surface area (Å²) in [6, 6.07) is 43.3. The van der Waals surface area contributed by atoms with Crippen LogP contribution in [0.5, 0.6) is 34.5 Å². The molecule has 0 aromatic heterocycles. The number of benzene rings is 6. The van der Waals surface area contributed by atoms with Crippen LogP contribution in [0.4, 0.5) is 11.4 Å². The minimum absolute atomic E-state index is 0.432. The van der Waals surface area contributed by atoms with Gasteiger partial charge in [0.05, 0.1) is 35.7 Å². The van der Waals surface area contributed by atoms with E-state index in [1.807, 2.05) is 72.8 Å². The van der Waals surface area contributed by atoms with E-state index in [1.54, 1.807) is 85.2 Å². The second-order valence-corrected chi connectivity index (χ2v) is 14.4. The van der Waals surface area contributed by atoms with E-state index in [2.05, 4.69) is 23.8 Å². The van der Waals surface area contributed by atoms with Crippen molar-refractivity contribution in [1.29, 1.82) is 0 Å². The molecule has 0 amide bonds. The van der Waals surface area contributed by atoms with Crippen LogP contribution < -0.4 is 23.7 Å². The van der Waals surface area contributed by atoms with Crippen LogP contribution in [-0.4, -0.2) is 37.6 Å². The Morgan fingerprint density at radius 1 is 0.443 bits per heavy atom. The van der Waals surface area contributed by atoms with Gasteiger partial charge >= 0.3 is 11.9 Å². The van der Waals surface area contributed by atoms with E-state index in [9.17, 15) is 9.59 Å². The molecule has 0 unspecified atom stereocenters. The van der Waals surface area contributed by atoms with Gasteiger partial charge in [-0.3, -0.25) is 9.98 Å². The Kier molecular flexibility index (Phi) is 16.8. The Labute approximate surface area is 358 Å². The average Bonchev–Trinajstić information content (AvgIpc) is 3.29. The van der Waals surface area contributed by atoms with Crippen molar-refractivity contribution in [3.8, 4) is 34.5 Å². The standard InChI is InChI=1S/C52H52N2O7/c1-3-5-7-9-34-57-45-28-18-41(19-29-45)51(55)60-48-24-14-39(15-25-48)37-53-43-22-32-47(33-23-43)59-50-13-11-12-44(36-50)54-38-40-16-26-49(27-17-40)61-52(56)42-20-30-46(31-21-42)58-35-10-8-6-4-2/h11-33,36-38H,3-10,34-35H2,1-2H3. The summed E-state index contributed by atoms with van der Waals surface area (Å²) >= 11 is 0. The zero-order valence-electron chi connectivity index (χ0n) is 34.8. The van der Waals surface area contributed by atoms with Crippen LogP contribution >= 0.6 is 0 Å². The summed E-state index contributed by atoms with van der Waals surface area (Å²) in [5.74, 6) is 2.80. The second-order valence-electron chi connectivity index (χ2n) is 14.4. The van der Waals surface area contributed by atoms with Crippen LogP contribution in [0.1, 0.15) is 97.1 Å². The number of ether oxygens (including phenoxy) is 5. The fourth-order valence-corrected chi connectivity index (χ4v) is 6.05. The van der Waals surface area contributed by atoms with Gasteiger partial charge in [0.15, 0.2) is 0 Å². The van der Waals surface area contributed by atoms with Gasteiger partial charge < -0.3 is 23.7 Å². The zero-order chi connectivity index (χ0) is 42.5. The van der Waals surface area contributed by atoms with Crippen LogP contribution in [-0.2, 0) is 0 Å². The number of rotatable bonds is 22. The van der Waals surface area contributed by atoms with E-state index < -0.39 is 11.9 Å². The number of aliphatic imine (C=N–C) groups is 2. The van der Waals surface area contributed by atoms with E-state index in [1.165, 1.54) is 25.7 Å². The van der Waals surface area contributed by atoms with Crippen molar-refractivity contribution in [1.82, 2.24) is 0 Å². The molecule has 0 bridgehead atoms. The van der Waals surface area contributed by atoms with Crippen LogP contribution in [0.25, 0.3) is 0 Å². The second kappa shape index (κ2) is 23.6. The maximum Gasteiger partial charge on any atom is 0.343 e. The van der Waals surface area contributed by atoms with Gasteiger partial charge in [0, 0.05) is 18.5 Å². The minimum Gasteiger partial charge on any atom is -0.494 e. The third-order valence-electron chi connectivity index (χ3n) is 9.51. The van der Waals surface area contributed by atoms with Crippen molar-refractivity contribution in [2.75, 3.05) is 13.2 Å².